The molecule has 0 spiro atoms. The van der Waals surface area contributed by atoms with E-state index in [1.807, 2.05) is 0 Å². The predicted molar refractivity (Wildman–Crippen MR) is 56.0 cm³/mol. The number of aromatic hydroxyl groups is 1. The van der Waals surface area contributed by atoms with Crippen molar-refractivity contribution in [1.29, 1.82) is 0 Å². The maximum Gasteiger partial charge on any atom is 0.144 e. The smallest absolute Gasteiger partial charge is 0.144 e. The summed E-state index contributed by atoms with van der Waals surface area (Å²) >= 11 is 0. The largest absolute Gasteiger partial charge is 0.505 e. The lowest BCUT2D eigenvalue weighted by molar-refractivity contribution is 0.471. The molecule has 1 aromatic carbocycles. The van der Waals surface area contributed by atoms with Crippen molar-refractivity contribution in [2.45, 2.75) is 6.92 Å². The minimum Gasteiger partial charge on any atom is -0.505 e. The standard InChI is InChI=1S/C12H10FNO/c1-8-6-7-14-11(12(8)15)9-2-4-10(13)5-3-9/h2-7,15H,1H3. The molecule has 3 heteroatoms. The van der Waals surface area contributed by atoms with Gasteiger partial charge in [0.05, 0.1) is 0 Å². The Morgan fingerprint density at radius 1 is 1.13 bits per heavy atom. The van der Waals surface area contributed by atoms with Crippen LogP contribution in [0.25, 0.3) is 11.3 Å². The van der Waals surface area contributed by atoms with Gasteiger partial charge in [0.2, 0.25) is 0 Å². The van der Waals surface area contributed by atoms with Gasteiger partial charge in [-0.3, -0.25) is 4.98 Å². The Bertz CT molecular complexity index is 479. The van der Waals surface area contributed by atoms with Crippen LogP contribution in [-0.2, 0) is 0 Å². The van der Waals surface area contributed by atoms with Gasteiger partial charge in [0.25, 0.3) is 0 Å². The summed E-state index contributed by atoms with van der Waals surface area (Å²) in [6.07, 6.45) is 1.62. The highest BCUT2D eigenvalue weighted by Crippen LogP contribution is 2.29. The van der Waals surface area contributed by atoms with Crippen LogP contribution >= 0.6 is 0 Å². The highest BCUT2D eigenvalue weighted by molar-refractivity contribution is 5.67. The topological polar surface area (TPSA) is 33.1 Å². The van der Waals surface area contributed by atoms with Crippen molar-refractivity contribution in [3.05, 3.63) is 47.9 Å². The zero-order valence-corrected chi connectivity index (χ0v) is 8.24. The van der Waals surface area contributed by atoms with Crippen molar-refractivity contribution in [3.8, 4) is 17.0 Å². The molecule has 1 aromatic heterocycles. The van der Waals surface area contributed by atoms with Gasteiger partial charge >= 0.3 is 0 Å². The summed E-state index contributed by atoms with van der Waals surface area (Å²) in [5, 5.41) is 9.76. The molecule has 76 valence electrons. The van der Waals surface area contributed by atoms with E-state index in [-0.39, 0.29) is 11.6 Å². The van der Waals surface area contributed by atoms with Gasteiger partial charge in [0.15, 0.2) is 0 Å². The summed E-state index contributed by atoms with van der Waals surface area (Å²) in [6, 6.07) is 7.60. The Hall–Kier alpha value is -1.90. The molecule has 0 atom stereocenters. The number of rotatable bonds is 1. The first kappa shape index (κ1) is 9.65. The number of halogens is 1. The number of aromatic nitrogens is 1. The van der Waals surface area contributed by atoms with Crippen molar-refractivity contribution >= 4 is 0 Å². The molecule has 0 saturated heterocycles. The normalized spacial score (nSPS) is 10.3. The third-order valence-electron chi connectivity index (χ3n) is 2.24. The summed E-state index contributed by atoms with van der Waals surface area (Å²) < 4.78 is 12.7. The Morgan fingerprint density at radius 3 is 2.47 bits per heavy atom. The maximum absolute atomic E-state index is 12.7. The average molecular weight is 203 g/mol. The first-order valence-corrected chi connectivity index (χ1v) is 4.59. The molecule has 0 aliphatic carbocycles. The van der Waals surface area contributed by atoms with Gasteiger partial charge in [-0.25, -0.2) is 4.39 Å². The summed E-state index contributed by atoms with van der Waals surface area (Å²) in [5.74, 6) is -0.157. The van der Waals surface area contributed by atoms with Crippen LogP contribution in [0.2, 0.25) is 0 Å². The molecule has 0 bridgehead atoms. The van der Waals surface area contributed by atoms with Gasteiger partial charge in [0, 0.05) is 11.8 Å². The van der Waals surface area contributed by atoms with E-state index >= 15 is 0 Å². The minimum atomic E-state index is -0.300. The molecule has 1 heterocycles. The molecule has 2 rings (SSSR count). The fraction of sp³-hybridized carbons (Fsp3) is 0.0833. The van der Waals surface area contributed by atoms with Crippen LogP contribution in [0.5, 0.6) is 5.75 Å². The summed E-state index contributed by atoms with van der Waals surface area (Å²) in [5.41, 5.74) is 1.94. The summed E-state index contributed by atoms with van der Waals surface area (Å²) in [6.45, 7) is 1.80. The van der Waals surface area contributed by atoms with Crippen LogP contribution in [0, 0.1) is 12.7 Å². The van der Waals surface area contributed by atoms with Gasteiger partial charge in [-0.2, -0.15) is 0 Å². The lowest BCUT2D eigenvalue weighted by Crippen LogP contribution is -1.86. The molecule has 2 aromatic rings. The van der Waals surface area contributed by atoms with Crippen molar-refractivity contribution in [3.63, 3.8) is 0 Å². The number of hydrogen-bond donors (Lipinski definition) is 1. The molecule has 0 aliphatic rings. The number of hydrogen-bond acceptors (Lipinski definition) is 2. The fourth-order valence-corrected chi connectivity index (χ4v) is 1.37. The van der Waals surface area contributed by atoms with Crippen LogP contribution in [-0.4, -0.2) is 10.1 Å². The second-order valence-corrected chi connectivity index (χ2v) is 3.33. The Kier molecular flexibility index (Phi) is 2.37. The highest BCUT2D eigenvalue weighted by atomic mass is 19.1. The van der Waals surface area contributed by atoms with Gasteiger partial charge < -0.3 is 5.11 Å². The molecule has 0 aliphatic heterocycles. The van der Waals surface area contributed by atoms with Crippen LogP contribution in [0.1, 0.15) is 5.56 Å². The van der Waals surface area contributed by atoms with Crippen molar-refractivity contribution in [1.82, 2.24) is 4.98 Å². The first-order chi connectivity index (χ1) is 7.18. The van der Waals surface area contributed by atoms with E-state index in [4.69, 9.17) is 0 Å². The zero-order valence-electron chi connectivity index (χ0n) is 8.24. The van der Waals surface area contributed by atoms with Gasteiger partial charge in [-0.15, -0.1) is 0 Å². The Morgan fingerprint density at radius 2 is 1.80 bits per heavy atom. The van der Waals surface area contributed by atoms with Gasteiger partial charge in [-0.05, 0) is 42.8 Å². The van der Waals surface area contributed by atoms with Gasteiger partial charge in [-0.1, -0.05) is 0 Å². The molecule has 0 radical (unpaired) electrons. The SMILES string of the molecule is Cc1ccnc(-c2ccc(F)cc2)c1O. The van der Waals surface area contributed by atoms with Crippen LogP contribution in [0.4, 0.5) is 4.39 Å². The second-order valence-electron chi connectivity index (χ2n) is 3.33. The highest BCUT2D eigenvalue weighted by Gasteiger charge is 2.07. The van der Waals surface area contributed by atoms with Gasteiger partial charge in [0.1, 0.15) is 17.3 Å². The molecule has 0 saturated carbocycles. The van der Waals surface area contributed by atoms with Crippen LogP contribution < -0.4 is 0 Å². The lowest BCUT2D eigenvalue weighted by atomic mass is 10.1. The molecule has 0 fully saturated rings. The van der Waals surface area contributed by atoms with E-state index in [0.29, 0.717) is 11.3 Å². The Balaban J connectivity index is 2.54. The quantitative estimate of drug-likeness (QED) is 0.773. The van der Waals surface area contributed by atoms with E-state index < -0.39 is 0 Å². The average Bonchev–Trinajstić information content (AvgIpc) is 2.24. The molecule has 1 N–H and O–H groups in total. The van der Waals surface area contributed by atoms with E-state index in [0.717, 1.165) is 5.56 Å². The molecular formula is C12H10FNO. The maximum atomic E-state index is 12.7. The van der Waals surface area contributed by atoms with Crippen LogP contribution in [0.15, 0.2) is 36.5 Å². The Labute approximate surface area is 87.0 Å². The van der Waals surface area contributed by atoms with Crippen molar-refractivity contribution < 1.29 is 9.50 Å². The monoisotopic (exact) mass is 203 g/mol. The summed E-state index contributed by atoms with van der Waals surface area (Å²) in [7, 11) is 0. The second kappa shape index (κ2) is 3.69. The number of aryl methyl sites for hydroxylation is 1. The van der Waals surface area contributed by atoms with E-state index in [2.05, 4.69) is 4.98 Å². The van der Waals surface area contributed by atoms with E-state index in [9.17, 15) is 9.50 Å². The van der Waals surface area contributed by atoms with Crippen molar-refractivity contribution in [2.75, 3.05) is 0 Å². The van der Waals surface area contributed by atoms with Crippen molar-refractivity contribution in [2.24, 2.45) is 0 Å². The van der Waals surface area contributed by atoms with E-state index in [1.54, 1.807) is 31.3 Å². The number of benzene rings is 1. The minimum absolute atomic E-state index is 0.143. The molecule has 2 nitrogen and oxygen atoms in total. The first-order valence-electron chi connectivity index (χ1n) is 4.59. The zero-order chi connectivity index (χ0) is 10.8. The molecule has 0 unspecified atom stereocenters. The predicted octanol–water partition coefficient (Wildman–Crippen LogP) is 2.90. The lowest BCUT2D eigenvalue weighted by Gasteiger charge is -2.05. The summed E-state index contributed by atoms with van der Waals surface area (Å²) in [4.78, 5) is 4.07. The molecule has 0 amide bonds. The third-order valence-corrected chi connectivity index (χ3v) is 2.24. The number of nitrogens with zero attached hydrogens (tertiary/aromatic N) is 1. The van der Waals surface area contributed by atoms with E-state index in [1.165, 1.54) is 12.1 Å². The van der Waals surface area contributed by atoms with Crippen LogP contribution in [0.3, 0.4) is 0 Å². The molecular weight excluding hydrogens is 193 g/mol. The molecule has 15 heavy (non-hydrogen) atoms. The third kappa shape index (κ3) is 1.81. The fourth-order valence-electron chi connectivity index (χ4n) is 1.37. The number of pyridine rings is 1.